The summed E-state index contributed by atoms with van der Waals surface area (Å²) in [7, 11) is 2.14. The van der Waals surface area contributed by atoms with Gasteiger partial charge < -0.3 is 4.90 Å². The monoisotopic (exact) mass is 373 g/mol. The first-order valence-electron chi connectivity index (χ1n) is 9.34. The summed E-state index contributed by atoms with van der Waals surface area (Å²) in [5, 5.41) is 1.27. The molecule has 136 valence electrons. The van der Waals surface area contributed by atoms with Crippen LogP contribution in [0, 0.1) is 13.8 Å². The average Bonchev–Trinajstić information content (AvgIpc) is 2.98. The molecule has 0 radical (unpaired) electrons. The quantitative estimate of drug-likeness (QED) is 0.540. The second kappa shape index (κ2) is 7.24. The summed E-state index contributed by atoms with van der Waals surface area (Å²) < 4.78 is 2.41. The Balaban J connectivity index is 1.67. The van der Waals surface area contributed by atoms with Crippen LogP contribution in [0.3, 0.4) is 0 Å². The van der Waals surface area contributed by atoms with E-state index >= 15 is 0 Å². The zero-order valence-electron chi connectivity index (χ0n) is 16.3. The van der Waals surface area contributed by atoms with E-state index < -0.39 is 0 Å². The fourth-order valence-electron chi connectivity index (χ4n) is 3.91. The van der Waals surface area contributed by atoms with Gasteiger partial charge in [-0.15, -0.1) is 0 Å². The smallest absolute Gasteiger partial charge is 0.181 e. The van der Waals surface area contributed by atoms with Gasteiger partial charge in [0.2, 0.25) is 0 Å². The van der Waals surface area contributed by atoms with Crippen molar-refractivity contribution >= 4 is 23.5 Å². The number of thioether (sulfide) groups is 1. The number of pyridine rings is 1. The van der Waals surface area contributed by atoms with Crippen LogP contribution in [0.5, 0.6) is 0 Å². The van der Waals surface area contributed by atoms with Gasteiger partial charge in [-0.3, -0.25) is 0 Å². The summed E-state index contributed by atoms with van der Waals surface area (Å²) in [6.07, 6.45) is 2.29. The highest BCUT2D eigenvalue weighted by Crippen LogP contribution is 2.45. The van der Waals surface area contributed by atoms with Crippen molar-refractivity contribution in [3.8, 4) is 0 Å². The standard InChI is InChI=1S/C24H25N2S/c1-17-14-20(16-24-25(4)22-12-8-9-13-23(22)27-24)15-18(2)26(17)19(3)21-10-6-5-7-11-21/h5-16,19H,1-4H3/q+1/t19-/m1/s1. The molecule has 1 aromatic heterocycles. The van der Waals surface area contributed by atoms with Crippen LogP contribution >= 0.6 is 11.8 Å². The Bertz CT molecular complexity index is 985. The third-order valence-electron chi connectivity index (χ3n) is 5.24. The molecule has 1 atom stereocenters. The van der Waals surface area contributed by atoms with E-state index in [1.54, 1.807) is 0 Å². The van der Waals surface area contributed by atoms with Crippen molar-refractivity contribution in [2.24, 2.45) is 0 Å². The number of fused-ring (bicyclic) bond motifs is 1. The summed E-state index contributed by atoms with van der Waals surface area (Å²) in [5.74, 6) is 0. The second-order valence-corrected chi connectivity index (χ2v) is 8.20. The van der Waals surface area contributed by atoms with Crippen molar-refractivity contribution < 1.29 is 4.57 Å². The Labute approximate surface area is 166 Å². The molecule has 1 aliphatic heterocycles. The molecule has 0 N–H and O–H groups in total. The molecule has 1 aliphatic rings. The molecule has 0 bridgehead atoms. The van der Waals surface area contributed by atoms with E-state index in [4.69, 9.17) is 0 Å². The number of hydrogen-bond donors (Lipinski definition) is 0. The van der Waals surface area contributed by atoms with E-state index in [-0.39, 0.29) is 0 Å². The van der Waals surface area contributed by atoms with Crippen molar-refractivity contribution in [2.75, 3.05) is 11.9 Å². The molecule has 2 heterocycles. The summed E-state index contributed by atoms with van der Waals surface area (Å²) in [6.45, 7) is 6.67. The molecule has 0 spiro atoms. The molecule has 2 nitrogen and oxygen atoms in total. The maximum absolute atomic E-state index is 2.41. The predicted octanol–water partition coefficient (Wildman–Crippen LogP) is 5.74. The van der Waals surface area contributed by atoms with E-state index in [1.807, 2.05) is 11.8 Å². The second-order valence-electron chi connectivity index (χ2n) is 7.14. The zero-order valence-corrected chi connectivity index (χ0v) is 17.1. The van der Waals surface area contributed by atoms with Gasteiger partial charge in [0, 0.05) is 50.4 Å². The third kappa shape index (κ3) is 3.40. The van der Waals surface area contributed by atoms with Crippen molar-refractivity contribution in [1.29, 1.82) is 0 Å². The minimum atomic E-state index is 0.320. The van der Waals surface area contributed by atoms with E-state index in [0.717, 1.165) is 0 Å². The number of aryl methyl sites for hydroxylation is 2. The number of hydrogen-bond acceptors (Lipinski definition) is 2. The minimum absolute atomic E-state index is 0.320. The van der Waals surface area contributed by atoms with Crippen molar-refractivity contribution in [3.63, 3.8) is 0 Å². The van der Waals surface area contributed by atoms with Crippen LogP contribution in [0.2, 0.25) is 0 Å². The largest absolute Gasteiger partial charge is 0.338 e. The molecule has 3 heteroatoms. The molecule has 0 saturated carbocycles. The van der Waals surface area contributed by atoms with Crippen molar-refractivity contribution in [1.82, 2.24) is 0 Å². The lowest BCUT2D eigenvalue weighted by atomic mass is 10.1. The molecule has 3 aromatic rings. The number of para-hydroxylation sites is 1. The van der Waals surface area contributed by atoms with Gasteiger partial charge in [0.1, 0.15) is 0 Å². The lowest BCUT2D eigenvalue weighted by Crippen LogP contribution is -2.44. The number of anilines is 1. The maximum atomic E-state index is 2.41. The predicted molar refractivity (Wildman–Crippen MR) is 115 cm³/mol. The van der Waals surface area contributed by atoms with Crippen LogP contribution in [0.1, 0.15) is 35.5 Å². The molecule has 27 heavy (non-hydrogen) atoms. The fraction of sp³-hybridized carbons (Fsp3) is 0.208. The first-order chi connectivity index (χ1) is 13.0. The molecule has 0 fully saturated rings. The summed E-state index contributed by atoms with van der Waals surface area (Å²) >= 11 is 1.84. The molecular formula is C24H25N2S+. The number of aromatic nitrogens is 1. The van der Waals surface area contributed by atoms with E-state index in [0.29, 0.717) is 6.04 Å². The molecular weight excluding hydrogens is 348 g/mol. The van der Waals surface area contributed by atoms with E-state index in [1.165, 1.54) is 38.1 Å². The van der Waals surface area contributed by atoms with Crippen LogP contribution in [-0.2, 0) is 0 Å². The fourth-order valence-corrected chi connectivity index (χ4v) is 5.02. The maximum Gasteiger partial charge on any atom is 0.181 e. The van der Waals surface area contributed by atoms with Crippen LogP contribution < -0.4 is 9.47 Å². The number of benzene rings is 2. The van der Waals surface area contributed by atoms with Crippen LogP contribution in [0.15, 0.2) is 76.7 Å². The van der Waals surface area contributed by atoms with E-state index in [9.17, 15) is 0 Å². The highest BCUT2D eigenvalue weighted by Gasteiger charge is 2.23. The topological polar surface area (TPSA) is 7.12 Å². The zero-order chi connectivity index (χ0) is 19.0. The Morgan fingerprint density at radius 1 is 0.926 bits per heavy atom. The lowest BCUT2D eigenvalue weighted by molar-refractivity contribution is -0.721. The first kappa shape index (κ1) is 17.9. The number of nitrogens with zero attached hydrogens (tertiary/aromatic N) is 2. The lowest BCUT2D eigenvalue weighted by Gasteiger charge is -2.15. The van der Waals surface area contributed by atoms with Crippen LogP contribution in [-0.4, -0.2) is 7.05 Å². The van der Waals surface area contributed by atoms with Gasteiger partial charge in [-0.1, -0.05) is 54.2 Å². The molecule has 4 rings (SSSR count). The van der Waals surface area contributed by atoms with Crippen molar-refractivity contribution in [3.05, 3.63) is 94.3 Å². The highest BCUT2D eigenvalue weighted by atomic mass is 32.2. The molecule has 0 unspecified atom stereocenters. The molecule has 0 saturated heterocycles. The third-order valence-corrected chi connectivity index (χ3v) is 6.41. The summed E-state index contributed by atoms with van der Waals surface area (Å²) in [6, 6.07) is 24.2. The SMILES string of the molecule is Cc1cc(C=C2Sc3ccccc3N2C)cc(C)[n+]1[C@H](C)c1ccccc1. The molecule has 0 aliphatic carbocycles. The highest BCUT2D eigenvalue weighted by molar-refractivity contribution is 8.03. The number of rotatable bonds is 3. The van der Waals surface area contributed by atoms with Crippen LogP contribution in [0.25, 0.3) is 6.08 Å². The Morgan fingerprint density at radius 3 is 2.22 bits per heavy atom. The summed E-state index contributed by atoms with van der Waals surface area (Å²) in [4.78, 5) is 3.60. The van der Waals surface area contributed by atoms with Gasteiger partial charge in [-0.05, 0) is 23.8 Å². The minimum Gasteiger partial charge on any atom is -0.338 e. The Hall–Kier alpha value is -2.52. The molecule has 0 amide bonds. The average molecular weight is 374 g/mol. The normalized spacial score (nSPS) is 15.9. The van der Waals surface area contributed by atoms with Crippen LogP contribution in [0.4, 0.5) is 5.69 Å². The van der Waals surface area contributed by atoms with Gasteiger partial charge in [0.25, 0.3) is 0 Å². The molecule has 2 aromatic carbocycles. The van der Waals surface area contributed by atoms with Gasteiger partial charge >= 0.3 is 0 Å². The van der Waals surface area contributed by atoms with Gasteiger partial charge in [0.05, 0.1) is 10.7 Å². The Kier molecular flexibility index (Phi) is 4.79. The van der Waals surface area contributed by atoms with Gasteiger partial charge in [-0.2, -0.15) is 4.57 Å². The van der Waals surface area contributed by atoms with Crippen molar-refractivity contribution in [2.45, 2.75) is 31.7 Å². The summed E-state index contributed by atoms with van der Waals surface area (Å²) in [5.41, 5.74) is 6.43. The first-order valence-corrected chi connectivity index (χ1v) is 10.2. The van der Waals surface area contributed by atoms with Gasteiger partial charge in [-0.25, -0.2) is 0 Å². The van der Waals surface area contributed by atoms with E-state index in [2.05, 4.69) is 110 Å². The van der Waals surface area contributed by atoms with Gasteiger partial charge in [0.15, 0.2) is 17.4 Å². The Morgan fingerprint density at radius 2 is 1.56 bits per heavy atom.